The fourth-order valence-electron chi connectivity index (χ4n) is 2.32. The summed E-state index contributed by atoms with van der Waals surface area (Å²) in [7, 11) is 0. The van der Waals surface area contributed by atoms with Crippen LogP contribution in [0.4, 0.5) is 0 Å². The number of nitrogens with one attached hydrogen (secondary N) is 1. The topological polar surface area (TPSA) is 66.0 Å². The molecule has 0 aliphatic rings. The SMILES string of the molecule is Cc1[nH]c2ccc(-c3cccnc3)cc2c1C(=O)O. The van der Waals surface area contributed by atoms with E-state index in [-0.39, 0.29) is 0 Å². The van der Waals surface area contributed by atoms with Gasteiger partial charge in [-0.15, -0.1) is 0 Å². The second kappa shape index (κ2) is 4.24. The molecule has 0 fully saturated rings. The van der Waals surface area contributed by atoms with Crippen LogP contribution < -0.4 is 0 Å². The summed E-state index contributed by atoms with van der Waals surface area (Å²) in [6, 6.07) is 9.56. The number of pyridine rings is 1. The monoisotopic (exact) mass is 252 g/mol. The van der Waals surface area contributed by atoms with Crippen LogP contribution in [0.5, 0.6) is 0 Å². The first-order valence-electron chi connectivity index (χ1n) is 5.93. The highest BCUT2D eigenvalue weighted by atomic mass is 16.4. The molecule has 4 nitrogen and oxygen atoms in total. The van der Waals surface area contributed by atoms with E-state index in [1.54, 1.807) is 19.3 Å². The normalized spacial score (nSPS) is 10.8. The molecule has 0 unspecified atom stereocenters. The van der Waals surface area contributed by atoms with Crippen LogP contribution >= 0.6 is 0 Å². The summed E-state index contributed by atoms with van der Waals surface area (Å²) >= 11 is 0. The lowest BCUT2D eigenvalue weighted by molar-refractivity contribution is 0.0698. The summed E-state index contributed by atoms with van der Waals surface area (Å²) in [5.41, 5.74) is 3.77. The van der Waals surface area contributed by atoms with Gasteiger partial charge in [-0.05, 0) is 30.7 Å². The average Bonchev–Trinajstić information content (AvgIpc) is 2.74. The number of aromatic amines is 1. The van der Waals surface area contributed by atoms with Gasteiger partial charge in [-0.1, -0.05) is 12.1 Å². The zero-order valence-corrected chi connectivity index (χ0v) is 10.3. The Balaban J connectivity index is 2.25. The number of rotatable bonds is 2. The van der Waals surface area contributed by atoms with Gasteiger partial charge in [0.15, 0.2) is 0 Å². The van der Waals surface area contributed by atoms with Gasteiger partial charge in [-0.25, -0.2) is 4.79 Å². The van der Waals surface area contributed by atoms with Crippen molar-refractivity contribution in [3.63, 3.8) is 0 Å². The van der Waals surface area contributed by atoms with Crippen molar-refractivity contribution in [2.24, 2.45) is 0 Å². The Labute approximate surface area is 109 Å². The molecule has 2 aromatic heterocycles. The van der Waals surface area contributed by atoms with Crippen molar-refractivity contribution in [1.29, 1.82) is 0 Å². The van der Waals surface area contributed by atoms with Crippen molar-refractivity contribution in [3.05, 3.63) is 54.0 Å². The molecule has 1 aromatic carbocycles. The summed E-state index contributed by atoms with van der Waals surface area (Å²) in [5, 5.41) is 10.0. The minimum atomic E-state index is -0.910. The molecule has 94 valence electrons. The van der Waals surface area contributed by atoms with Crippen molar-refractivity contribution < 1.29 is 9.90 Å². The zero-order valence-electron chi connectivity index (χ0n) is 10.3. The molecule has 0 saturated heterocycles. The summed E-state index contributed by atoms with van der Waals surface area (Å²) in [6.07, 6.45) is 3.48. The van der Waals surface area contributed by atoms with Gasteiger partial charge in [0.25, 0.3) is 0 Å². The van der Waals surface area contributed by atoms with E-state index in [9.17, 15) is 9.90 Å². The Hall–Kier alpha value is -2.62. The molecule has 2 N–H and O–H groups in total. The molecule has 0 bridgehead atoms. The third-order valence-electron chi connectivity index (χ3n) is 3.19. The molecule has 0 atom stereocenters. The van der Waals surface area contributed by atoms with Gasteiger partial charge in [0.2, 0.25) is 0 Å². The quantitative estimate of drug-likeness (QED) is 0.735. The lowest BCUT2D eigenvalue weighted by atomic mass is 10.0. The van der Waals surface area contributed by atoms with Crippen molar-refractivity contribution in [1.82, 2.24) is 9.97 Å². The van der Waals surface area contributed by atoms with Crippen molar-refractivity contribution in [2.75, 3.05) is 0 Å². The second-order valence-corrected chi connectivity index (χ2v) is 4.43. The Morgan fingerprint density at radius 2 is 2.11 bits per heavy atom. The molecule has 3 rings (SSSR count). The highest BCUT2D eigenvalue weighted by Gasteiger charge is 2.15. The zero-order chi connectivity index (χ0) is 13.4. The summed E-state index contributed by atoms with van der Waals surface area (Å²) in [5.74, 6) is -0.910. The number of benzene rings is 1. The molecule has 4 heteroatoms. The molecule has 0 amide bonds. The predicted octanol–water partition coefficient (Wildman–Crippen LogP) is 3.24. The van der Waals surface area contributed by atoms with Crippen LogP contribution in [-0.4, -0.2) is 21.0 Å². The molecule has 0 radical (unpaired) electrons. The van der Waals surface area contributed by atoms with E-state index >= 15 is 0 Å². The lowest BCUT2D eigenvalue weighted by Gasteiger charge is -2.01. The van der Waals surface area contributed by atoms with Gasteiger partial charge in [-0.3, -0.25) is 4.98 Å². The minimum absolute atomic E-state index is 0.334. The Morgan fingerprint density at radius 3 is 2.79 bits per heavy atom. The van der Waals surface area contributed by atoms with E-state index in [1.165, 1.54) is 0 Å². The summed E-state index contributed by atoms with van der Waals surface area (Å²) < 4.78 is 0. The first-order valence-corrected chi connectivity index (χ1v) is 5.93. The van der Waals surface area contributed by atoms with E-state index in [0.29, 0.717) is 11.3 Å². The van der Waals surface area contributed by atoms with E-state index in [4.69, 9.17) is 0 Å². The fourth-order valence-corrected chi connectivity index (χ4v) is 2.32. The number of carboxylic acids is 1. The number of fused-ring (bicyclic) bond motifs is 1. The third kappa shape index (κ3) is 1.87. The smallest absolute Gasteiger partial charge is 0.338 e. The first-order chi connectivity index (χ1) is 9.16. The minimum Gasteiger partial charge on any atom is -0.478 e. The number of carboxylic acid groups (broad SMARTS) is 1. The van der Waals surface area contributed by atoms with Gasteiger partial charge < -0.3 is 10.1 Å². The maximum Gasteiger partial charge on any atom is 0.338 e. The fraction of sp³-hybridized carbons (Fsp3) is 0.0667. The number of aryl methyl sites for hydroxylation is 1. The van der Waals surface area contributed by atoms with Crippen LogP contribution in [0, 0.1) is 6.92 Å². The Kier molecular flexibility index (Phi) is 2.56. The van der Waals surface area contributed by atoms with Gasteiger partial charge in [0.1, 0.15) is 0 Å². The molecule has 19 heavy (non-hydrogen) atoms. The molecule has 0 spiro atoms. The number of H-pyrrole nitrogens is 1. The highest BCUT2D eigenvalue weighted by Crippen LogP contribution is 2.27. The van der Waals surface area contributed by atoms with Crippen LogP contribution in [0.15, 0.2) is 42.7 Å². The van der Waals surface area contributed by atoms with Crippen LogP contribution in [0.1, 0.15) is 16.1 Å². The maximum atomic E-state index is 11.3. The number of nitrogens with zero attached hydrogens (tertiary/aromatic N) is 1. The molecule has 2 heterocycles. The Morgan fingerprint density at radius 1 is 1.26 bits per heavy atom. The van der Waals surface area contributed by atoms with Gasteiger partial charge >= 0.3 is 5.97 Å². The van der Waals surface area contributed by atoms with Crippen LogP contribution in [0.3, 0.4) is 0 Å². The molecule has 0 aliphatic carbocycles. The van der Waals surface area contributed by atoms with E-state index in [1.807, 2.05) is 30.3 Å². The van der Waals surface area contributed by atoms with Crippen LogP contribution in [0.2, 0.25) is 0 Å². The van der Waals surface area contributed by atoms with Gasteiger partial charge in [0, 0.05) is 34.6 Å². The largest absolute Gasteiger partial charge is 0.478 e. The average molecular weight is 252 g/mol. The number of hydrogen-bond donors (Lipinski definition) is 2. The van der Waals surface area contributed by atoms with Gasteiger partial charge in [0.05, 0.1) is 5.56 Å². The molecule has 0 saturated carbocycles. The predicted molar refractivity (Wildman–Crippen MR) is 73.2 cm³/mol. The number of hydrogen-bond acceptors (Lipinski definition) is 2. The van der Waals surface area contributed by atoms with Crippen molar-refractivity contribution >= 4 is 16.9 Å². The standard InChI is InChI=1S/C15H12N2O2/c1-9-14(15(18)19)12-7-10(4-5-13(12)17-9)11-3-2-6-16-8-11/h2-8,17H,1H3,(H,18,19). The van der Waals surface area contributed by atoms with Crippen molar-refractivity contribution in [3.8, 4) is 11.1 Å². The number of aromatic carboxylic acids is 1. The Bertz CT molecular complexity index is 760. The first kappa shape index (κ1) is 11.5. The lowest BCUT2D eigenvalue weighted by Crippen LogP contribution is -1.97. The third-order valence-corrected chi connectivity index (χ3v) is 3.19. The molecular weight excluding hydrogens is 240 g/mol. The number of carbonyl (C=O) groups is 1. The maximum absolute atomic E-state index is 11.3. The molecular formula is C15H12N2O2. The van der Waals surface area contributed by atoms with E-state index in [2.05, 4.69) is 9.97 Å². The van der Waals surface area contributed by atoms with Crippen molar-refractivity contribution in [2.45, 2.75) is 6.92 Å². The summed E-state index contributed by atoms with van der Waals surface area (Å²) in [4.78, 5) is 18.5. The van der Waals surface area contributed by atoms with Crippen LogP contribution in [-0.2, 0) is 0 Å². The van der Waals surface area contributed by atoms with Crippen LogP contribution in [0.25, 0.3) is 22.0 Å². The highest BCUT2D eigenvalue weighted by molar-refractivity contribution is 6.05. The van der Waals surface area contributed by atoms with Gasteiger partial charge in [-0.2, -0.15) is 0 Å². The van der Waals surface area contributed by atoms with E-state index in [0.717, 1.165) is 22.0 Å². The van der Waals surface area contributed by atoms with E-state index < -0.39 is 5.97 Å². The second-order valence-electron chi connectivity index (χ2n) is 4.43. The summed E-state index contributed by atoms with van der Waals surface area (Å²) in [6.45, 7) is 1.77. The number of aromatic nitrogens is 2. The molecule has 3 aromatic rings. The molecule has 0 aliphatic heterocycles.